The second-order valence-corrected chi connectivity index (χ2v) is 3.73. The average molecular weight is 252 g/mol. The first kappa shape index (κ1) is 12.5. The summed E-state index contributed by atoms with van der Waals surface area (Å²) >= 11 is 0. The van der Waals surface area contributed by atoms with Crippen LogP contribution in [-0.4, -0.2) is 22.4 Å². The predicted octanol–water partition coefficient (Wildman–Crippen LogP) is 2.33. The van der Waals surface area contributed by atoms with Crippen molar-refractivity contribution in [3.8, 4) is 17.2 Å². The molecule has 5 nitrogen and oxygen atoms in total. The molecule has 1 heterocycles. The van der Waals surface area contributed by atoms with Crippen LogP contribution >= 0.6 is 0 Å². The van der Waals surface area contributed by atoms with E-state index in [0.29, 0.717) is 12.2 Å². The lowest BCUT2D eigenvalue weighted by Crippen LogP contribution is -1.97. The van der Waals surface area contributed by atoms with E-state index in [4.69, 9.17) is 9.26 Å². The van der Waals surface area contributed by atoms with Gasteiger partial charge < -0.3 is 14.4 Å². The monoisotopic (exact) mass is 252 g/mol. The Morgan fingerprint density at radius 1 is 1.50 bits per heavy atom. The molecule has 6 heteroatoms. The van der Waals surface area contributed by atoms with Gasteiger partial charge in [0.25, 0.3) is 5.89 Å². The third-order valence-corrected chi connectivity index (χ3v) is 2.53. The van der Waals surface area contributed by atoms with Crippen molar-refractivity contribution in [1.82, 2.24) is 10.1 Å². The summed E-state index contributed by atoms with van der Waals surface area (Å²) in [6.07, 6.45) is -0.340. The third-order valence-electron chi connectivity index (χ3n) is 2.53. The van der Waals surface area contributed by atoms with Gasteiger partial charge in [0.2, 0.25) is 5.82 Å². The van der Waals surface area contributed by atoms with Crippen molar-refractivity contribution in [3.05, 3.63) is 29.8 Å². The highest BCUT2D eigenvalue weighted by atomic mass is 19.1. The molecular formula is C12H13FN2O3. The van der Waals surface area contributed by atoms with Gasteiger partial charge in [-0.3, -0.25) is 0 Å². The highest BCUT2D eigenvalue weighted by molar-refractivity contribution is 5.55. The second kappa shape index (κ2) is 5.14. The minimum Gasteiger partial charge on any atom is -0.497 e. The van der Waals surface area contributed by atoms with Gasteiger partial charge in [-0.05, 0) is 18.6 Å². The molecule has 1 aromatic heterocycles. The van der Waals surface area contributed by atoms with E-state index in [-0.39, 0.29) is 17.3 Å². The summed E-state index contributed by atoms with van der Waals surface area (Å²) in [6, 6.07) is 4.32. The maximum Gasteiger partial charge on any atom is 0.260 e. The van der Waals surface area contributed by atoms with Gasteiger partial charge >= 0.3 is 0 Å². The van der Waals surface area contributed by atoms with Crippen molar-refractivity contribution >= 4 is 0 Å². The summed E-state index contributed by atoms with van der Waals surface area (Å²) < 4.78 is 23.6. The Balaban J connectivity index is 2.34. The van der Waals surface area contributed by atoms with Crippen LogP contribution in [0.1, 0.15) is 25.3 Å². The normalized spacial score (nSPS) is 12.4. The fraction of sp³-hybridized carbons (Fsp3) is 0.333. The molecule has 1 N–H and O–H groups in total. The Kier molecular flexibility index (Phi) is 3.57. The van der Waals surface area contributed by atoms with Crippen LogP contribution in [0.5, 0.6) is 5.75 Å². The van der Waals surface area contributed by atoms with E-state index in [2.05, 4.69) is 10.1 Å². The molecule has 2 rings (SSSR count). The molecule has 0 saturated carbocycles. The number of methoxy groups -OCH3 is 1. The van der Waals surface area contributed by atoms with Gasteiger partial charge in [0.05, 0.1) is 12.7 Å². The first-order valence-electron chi connectivity index (χ1n) is 5.51. The molecule has 2 aromatic rings. The fourth-order valence-corrected chi connectivity index (χ4v) is 1.46. The van der Waals surface area contributed by atoms with Gasteiger partial charge in [-0.15, -0.1) is 0 Å². The first-order valence-corrected chi connectivity index (χ1v) is 5.51. The molecule has 18 heavy (non-hydrogen) atoms. The van der Waals surface area contributed by atoms with Crippen LogP contribution in [0.15, 0.2) is 22.7 Å². The molecule has 0 aliphatic rings. The SMILES string of the molecule is CCC(O)c1noc(-c2ccc(OC)cc2F)n1. The number of hydrogen-bond acceptors (Lipinski definition) is 5. The van der Waals surface area contributed by atoms with Crippen LogP contribution in [0.4, 0.5) is 4.39 Å². The fourth-order valence-electron chi connectivity index (χ4n) is 1.46. The number of benzene rings is 1. The molecule has 1 unspecified atom stereocenters. The maximum absolute atomic E-state index is 13.7. The van der Waals surface area contributed by atoms with Crippen LogP contribution in [0, 0.1) is 5.82 Å². The molecule has 1 aromatic carbocycles. The molecule has 0 fully saturated rings. The quantitative estimate of drug-likeness (QED) is 0.904. The second-order valence-electron chi connectivity index (χ2n) is 3.73. The minimum absolute atomic E-state index is 0.0395. The Bertz CT molecular complexity index is 542. The zero-order valence-corrected chi connectivity index (χ0v) is 10.1. The van der Waals surface area contributed by atoms with Gasteiger partial charge in [-0.1, -0.05) is 12.1 Å². The molecule has 0 saturated heterocycles. The molecule has 0 radical (unpaired) electrons. The van der Waals surface area contributed by atoms with E-state index in [1.54, 1.807) is 13.0 Å². The zero-order chi connectivity index (χ0) is 13.1. The lowest BCUT2D eigenvalue weighted by atomic mass is 10.2. The molecule has 96 valence electrons. The Morgan fingerprint density at radius 2 is 2.28 bits per heavy atom. The summed E-state index contributed by atoms with van der Waals surface area (Å²) in [5.74, 6) is 0.0838. The van der Waals surface area contributed by atoms with E-state index < -0.39 is 11.9 Å². The average Bonchev–Trinajstić information content (AvgIpc) is 2.87. The van der Waals surface area contributed by atoms with E-state index in [1.165, 1.54) is 19.2 Å². The lowest BCUT2D eigenvalue weighted by Gasteiger charge is -2.01. The third kappa shape index (κ3) is 2.33. The summed E-state index contributed by atoms with van der Waals surface area (Å²) in [7, 11) is 1.46. The van der Waals surface area contributed by atoms with E-state index >= 15 is 0 Å². The summed E-state index contributed by atoms with van der Waals surface area (Å²) in [5, 5.41) is 13.2. The lowest BCUT2D eigenvalue weighted by molar-refractivity contribution is 0.159. The largest absolute Gasteiger partial charge is 0.497 e. The predicted molar refractivity (Wildman–Crippen MR) is 61.5 cm³/mol. The number of nitrogens with zero attached hydrogens (tertiary/aromatic N) is 2. The molecule has 1 atom stereocenters. The number of hydrogen-bond donors (Lipinski definition) is 1. The number of halogens is 1. The topological polar surface area (TPSA) is 68.4 Å². The van der Waals surface area contributed by atoms with Crippen molar-refractivity contribution in [2.24, 2.45) is 0 Å². The summed E-state index contributed by atoms with van der Waals surface area (Å²) in [6.45, 7) is 1.79. The first-order chi connectivity index (χ1) is 8.65. The van der Waals surface area contributed by atoms with Crippen LogP contribution < -0.4 is 4.74 Å². The van der Waals surface area contributed by atoms with Crippen molar-refractivity contribution in [1.29, 1.82) is 0 Å². The zero-order valence-electron chi connectivity index (χ0n) is 10.1. The molecule has 0 aliphatic heterocycles. The van der Waals surface area contributed by atoms with Crippen LogP contribution in [-0.2, 0) is 0 Å². The van der Waals surface area contributed by atoms with Crippen LogP contribution in [0.25, 0.3) is 11.5 Å². The van der Waals surface area contributed by atoms with Crippen LogP contribution in [0.3, 0.4) is 0 Å². The molecule has 0 aliphatic carbocycles. The van der Waals surface area contributed by atoms with Gasteiger partial charge in [0.1, 0.15) is 17.7 Å². The van der Waals surface area contributed by atoms with E-state index in [1.807, 2.05) is 0 Å². The van der Waals surface area contributed by atoms with Crippen molar-refractivity contribution in [2.75, 3.05) is 7.11 Å². The van der Waals surface area contributed by atoms with Gasteiger partial charge in [0, 0.05) is 6.07 Å². The summed E-state index contributed by atoms with van der Waals surface area (Å²) in [5.41, 5.74) is 0.179. The van der Waals surface area contributed by atoms with Gasteiger partial charge in [-0.25, -0.2) is 4.39 Å². The number of aliphatic hydroxyl groups excluding tert-OH is 1. The number of aromatic nitrogens is 2. The number of ether oxygens (including phenoxy) is 1. The van der Waals surface area contributed by atoms with Gasteiger partial charge in [-0.2, -0.15) is 4.98 Å². The Labute approximate surface area is 103 Å². The molecule has 0 amide bonds. The van der Waals surface area contributed by atoms with E-state index in [0.717, 1.165) is 0 Å². The van der Waals surface area contributed by atoms with Crippen molar-refractivity contribution < 1.29 is 18.8 Å². The van der Waals surface area contributed by atoms with Gasteiger partial charge in [0.15, 0.2) is 0 Å². The standard InChI is InChI=1S/C12H13FN2O3/c1-3-10(16)11-14-12(18-15-11)8-5-4-7(17-2)6-9(8)13/h4-6,10,16H,3H2,1-2H3. The number of rotatable bonds is 4. The summed E-state index contributed by atoms with van der Waals surface area (Å²) in [4.78, 5) is 3.96. The molecular weight excluding hydrogens is 239 g/mol. The highest BCUT2D eigenvalue weighted by Crippen LogP contribution is 2.26. The smallest absolute Gasteiger partial charge is 0.260 e. The highest BCUT2D eigenvalue weighted by Gasteiger charge is 2.17. The minimum atomic E-state index is -0.802. The number of aliphatic hydroxyl groups is 1. The molecule has 0 spiro atoms. The maximum atomic E-state index is 13.7. The Hall–Kier alpha value is -1.95. The van der Waals surface area contributed by atoms with Crippen LogP contribution in [0.2, 0.25) is 0 Å². The Morgan fingerprint density at radius 3 is 2.89 bits per heavy atom. The van der Waals surface area contributed by atoms with Crippen molar-refractivity contribution in [3.63, 3.8) is 0 Å². The molecule has 0 bridgehead atoms. The van der Waals surface area contributed by atoms with E-state index in [9.17, 15) is 9.50 Å². The van der Waals surface area contributed by atoms with Crippen molar-refractivity contribution in [2.45, 2.75) is 19.4 Å².